The number of nitrogens with one attached hydrogen (secondary N) is 1. The number of rotatable bonds is 4. The van der Waals surface area contributed by atoms with Gasteiger partial charge in [0.15, 0.2) is 0 Å². The maximum Gasteiger partial charge on any atom is 0.226 e. The van der Waals surface area contributed by atoms with E-state index in [9.17, 15) is 0 Å². The lowest BCUT2D eigenvalue weighted by atomic mass is 10.3. The number of nitrogens with zero attached hydrogens (tertiary/aromatic N) is 4. The van der Waals surface area contributed by atoms with Gasteiger partial charge in [0.05, 0.1) is 17.7 Å². The van der Waals surface area contributed by atoms with Crippen LogP contribution in [0.3, 0.4) is 0 Å². The van der Waals surface area contributed by atoms with Gasteiger partial charge < -0.3 is 10.6 Å². The Bertz CT molecular complexity index is 606. The molecule has 0 bridgehead atoms. The SMILES string of the molecule is Cc1cc(C(=N)N)nc(N(C)Cc2scnc2C)n1. The molecule has 0 aliphatic carbocycles. The molecule has 0 radical (unpaired) electrons. The molecule has 0 fully saturated rings. The zero-order valence-electron chi connectivity index (χ0n) is 11.1. The van der Waals surface area contributed by atoms with E-state index in [-0.39, 0.29) is 5.84 Å². The average molecular weight is 276 g/mol. The van der Waals surface area contributed by atoms with Gasteiger partial charge in [-0.2, -0.15) is 0 Å². The van der Waals surface area contributed by atoms with Crippen molar-refractivity contribution in [2.75, 3.05) is 11.9 Å². The molecule has 0 aromatic carbocycles. The van der Waals surface area contributed by atoms with Gasteiger partial charge in [0.25, 0.3) is 0 Å². The zero-order chi connectivity index (χ0) is 14.0. The van der Waals surface area contributed by atoms with Gasteiger partial charge in [0, 0.05) is 17.6 Å². The van der Waals surface area contributed by atoms with Gasteiger partial charge in [-0.3, -0.25) is 5.41 Å². The van der Waals surface area contributed by atoms with Gasteiger partial charge in [-0.15, -0.1) is 11.3 Å². The summed E-state index contributed by atoms with van der Waals surface area (Å²) in [5.41, 5.74) is 9.58. The van der Waals surface area contributed by atoms with Crippen LogP contribution >= 0.6 is 11.3 Å². The zero-order valence-corrected chi connectivity index (χ0v) is 12.0. The molecular formula is C12H16N6S. The first-order valence-electron chi connectivity index (χ1n) is 5.77. The van der Waals surface area contributed by atoms with Gasteiger partial charge in [-0.25, -0.2) is 15.0 Å². The van der Waals surface area contributed by atoms with E-state index in [1.54, 1.807) is 17.4 Å². The Morgan fingerprint density at radius 1 is 1.42 bits per heavy atom. The minimum absolute atomic E-state index is 0.0471. The number of amidine groups is 1. The van der Waals surface area contributed by atoms with Crippen LogP contribution in [-0.2, 0) is 6.54 Å². The molecule has 100 valence electrons. The molecule has 7 heteroatoms. The molecule has 3 N–H and O–H groups in total. The predicted molar refractivity (Wildman–Crippen MR) is 76.7 cm³/mol. The van der Waals surface area contributed by atoms with Gasteiger partial charge in [-0.05, 0) is 19.9 Å². The molecule has 0 spiro atoms. The van der Waals surface area contributed by atoms with Crippen LogP contribution in [0.2, 0.25) is 0 Å². The van der Waals surface area contributed by atoms with Crippen molar-refractivity contribution in [2.24, 2.45) is 5.73 Å². The summed E-state index contributed by atoms with van der Waals surface area (Å²) in [4.78, 5) is 16.0. The molecule has 2 rings (SSSR count). The van der Waals surface area contributed by atoms with Crippen molar-refractivity contribution in [3.8, 4) is 0 Å². The highest BCUT2D eigenvalue weighted by molar-refractivity contribution is 7.09. The molecule has 19 heavy (non-hydrogen) atoms. The Morgan fingerprint density at radius 3 is 2.74 bits per heavy atom. The quantitative estimate of drug-likeness (QED) is 0.651. The van der Waals surface area contributed by atoms with Crippen LogP contribution in [0.5, 0.6) is 0 Å². The van der Waals surface area contributed by atoms with Crippen LogP contribution in [0.15, 0.2) is 11.6 Å². The third-order valence-corrected chi connectivity index (χ3v) is 3.61. The number of thiazole rings is 1. The second-order valence-electron chi connectivity index (χ2n) is 4.33. The molecule has 2 aromatic heterocycles. The lowest BCUT2D eigenvalue weighted by Crippen LogP contribution is -2.22. The predicted octanol–water partition coefficient (Wildman–Crippen LogP) is 1.47. The minimum atomic E-state index is -0.0471. The Labute approximate surface area is 115 Å². The number of anilines is 1. The van der Waals surface area contributed by atoms with Gasteiger partial charge in [-0.1, -0.05) is 0 Å². The third kappa shape index (κ3) is 3.05. The first kappa shape index (κ1) is 13.4. The van der Waals surface area contributed by atoms with Crippen LogP contribution in [0.25, 0.3) is 0 Å². The summed E-state index contributed by atoms with van der Waals surface area (Å²) in [5, 5.41) is 7.46. The Morgan fingerprint density at radius 2 is 2.16 bits per heavy atom. The largest absolute Gasteiger partial charge is 0.382 e. The van der Waals surface area contributed by atoms with Crippen molar-refractivity contribution < 1.29 is 0 Å². The maximum atomic E-state index is 7.46. The van der Waals surface area contributed by atoms with Gasteiger partial charge >= 0.3 is 0 Å². The number of hydrogen-bond acceptors (Lipinski definition) is 6. The first-order valence-corrected chi connectivity index (χ1v) is 6.65. The van der Waals surface area contributed by atoms with Crippen molar-refractivity contribution in [1.82, 2.24) is 15.0 Å². The van der Waals surface area contributed by atoms with Crippen molar-refractivity contribution >= 4 is 23.1 Å². The van der Waals surface area contributed by atoms with Gasteiger partial charge in [0.2, 0.25) is 5.95 Å². The van der Waals surface area contributed by atoms with E-state index < -0.39 is 0 Å². The van der Waals surface area contributed by atoms with Crippen molar-refractivity contribution in [3.05, 3.63) is 33.5 Å². The summed E-state index contributed by atoms with van der Waals surface area (Å²) >= 11 is 1.61. The monoisotopic (exact) mass is 276 g/mol. The number of aryl methyl sites for hydroxylation is 2. The Kier molecular flexibility index (Phi) is 3.75. The standard InChI is InChI=1S/C12H16N6S/c1-7-4-9(11(13)14)17-12(16-7)18(3)5-10-8(2)15-6-19-10/h4,6H,5H2,1-3H3,(H3,13,14). The molecule has 2 aromatic rings. The lowest BCUT2D eigenvalue weighted by molar-refractivity contribution is 0.860. The number of nitrogens with two attached hydrogens (primary N) is 1. The third-order valence-electron chi connectivity index (χ3n) is 2.69. The summed E-state index contributed by atoms with van der Waals surface area (Å²) < 4.78 is 0. The summed E-state index contributed by atoms with van der Waals surface area (Å²) in [5.74, 6) is 0.520. The van der Waals surface area contributed by atoms with Crippen molar-refractivity contribution in [2.45, 2.75) is 20.4 Å². The van der Waals surface area contributed by atoms with E-state index in [2.05, 4.69) is 15.0 Å². The van der Waals surface area contributed by atoms with Crippen LogP contribution in [-0.4, -0.2) is 27.8 Å². The molecule has 0 saturated heterocycles. The summed E-state index contributed by atoms with van der Waals surface area (Å²) in [6, 6.07) is 1.71. The summed E-state index contributed by atoms with van der Waals surface area (Å²) in [6.45, 7) is 4.54. The molecular weight excluding hydrogens is 260 g/mol. The highest BCUT2D eigenvalue weighted by Crippen LogP contribution is 2.17. The number of hydrogen-bond donors (Lipinski definition) is 2. The summed E-state index contributed by atoms with van der Waals surface area (Å²) in [6.07, 6.45) is 0. The molecule has 6 nitrogen and oxygen atoms in total. The van der Waals surface area contributed by atoms with Crippen LogP contribution in [0.1, 0.15) is 22.0 Å². The highest BCUT2D eigenvalue weighted by atomic mass is 32.1. The fourth-order valence-corrected chi connectivity index (χ4v) is 2.46. The highest BCUT2D eigenvalue weighted by Gasteiger charge is 2.11. The van der Waals surface area contributed by atoms with Crippen molar-refractivity contribution in [1.29, 1.82) is 5.41 Å². The fourth-order valence-electron chi connectivity index (χ4n) is 1.63. The molecule has 0 saturated carbocycles. The number of aromatic nitrogens is 3. The lowest BCUT2D eigenvalue weighted by Gasteiger charge is -2.17. The Hall–Kier alpha value is -2.02. The van der Waals surface area contributed by atoms with E-state index >= 15 is 0 Å². The minimum Gasteiger partial charge on any atom is -0.382 e. The second kappa shape index (κ2) is 5.31. The van der Waals surface area contributed by atoms with Gasteiger partial charge in [0.1, 0.15) is 11.5 Å². The van der Waals surface area contributed by atoms with Crippen LogP contribution < -0.4 is 10.6 Å². The van der Waals surface area contributed by atoms with E-state index in [4.69, 9.17) is 11.1 Å². The van der Waals surface area contributed by atoms with Crippen LogP contribution in [0.4, 0.5) is 5.95 Å². The van der Waals surface area contributed by atoms with Crippen molar-refractivity contribution in [3.63, 3.8) is 0 Å². The molecule has 0 amide bonds. The molecule has 0 unspecified atom stereocenters. The first-order chi connectivity index (χ1) is 8.97. The second-order valence-corrected chi connectivity index (χ2v) is 5.26. The van der Waals surface area contributed by atoms with Crippen LogP contribution in [0, 0.1) is 19.3 Å². The van der Waals surface area contributed by atoms with E-state index in [0.29, 0.717) is 18.2 Å². The average Bonchev–Trinajstić information content (AvgIpc) is 2.74. The number of nitrogen functional groups attached to an aromatic ring is 1. The molecule has 2 heterocycles. The normalized spacial score (nSPS) is 10.5. The Balaban J connectivity index is 2.26. The topological polar surface area (TPSA) is 91.8 Å². The molecule has 0 aliphatic rings. The van der Waals surface area contributed by atoms with E-state index in [0.717, 1.165) is 11.4 Å². The smallest absolute Gasteiger partial charge is 0.226 e. The summed E-state index contributed by atoms with van der Waals surface area (Å²) in [7, 11) is 1.91. The molecule has 0 atom stereocenters. The van der Waals surface area contributed by atoms with E-state index in [1.165, 1.54) is 4.88 Å². The van der Waals surface area contributed by atoms with E-state index in [1.807, 2.05) is 31.3 Å². The maximum absolute atomic E-state index is 7.46. The molecule has 0 aliphatic heterocycles. The fraction of sp³-hybridized carbons (Fsp3) is 0.333.